The van der Waals surface area contributed by atoms with Gasteiger partial charge in [-0.05, 0) is 61.5 Å². The van der Waals surface area contributed by atoms with E-state index < -0.39 is 23.7 Å². The highest BCUT2D eigenvalue weighted by Crippen LogP contribution is 2.44. The molecule has 2 aromatic heterocycles. The minimum atomic E-state index is -5.42. The van der Waals surface area contributed by atoms with Gasteiger partial charge < -0.3 is 10.6 Å². The highest BCUT2D eigenvalue weighted by molar-refractivity contribution is 7.17. The van der Waals surface area contributed by atoms with Crippen LogP contribution in [0.5, 0.6) is 0 Å². The van der Waals surface area contributed by atoms with Gasteiger partial charge in [0.1, 0.15) is 22.1 Å². The van der Waals surface area contributed by atoms with Crippen molar-refractivity contribution in [1.29, 1.82) is 10.5 Å². The number of amides is 2. The Labute approximate surface area is 225 Å². The quantitative estimate of drug-likeness (QED) is 0.377. The van der Waals surface area contributed by atoms with E-state index in [9.17, 15) is 37.7 Å². The Hall–Kier alpha value is -2.96. The smallest absolute Gasteiger partial charge is 0.311 e. The molecule has 38 heavy (non-hydrogen) atoms. The third-order valence-electron chi connectivity index (χ3n) is 7.53. The van der Waals surface area contributed by atoms with Crippen molar-refractivity contribution in [1.82, 2.24) is 0 Å². The number of fused-ring (bicyclic) bond motifs is 2. The molecular weight excluding hydrogens is 540 g/mol. The Bertz CT molecular complexity index is 1250. The Kier molecular flexibility index (Phi) is 7.87. The maximum absolute atomic E-state index is 14.8. The fraction of sp³-hybridized carbons (Fsp3) is 0.538. The number of nitriles is 2. The van der Waals surface area contributed by atoms with E-state index in [2.05, 4.69) is 0 Å². The first kappa shape index (κ1) is 28.1. The summed E-state index contributed by atoms with van der Waals surface area (Å²) in [4.78, 5) is 26.4. The fourth-order valence-corrected chi connectivity index (χ4v) is 7.68. The summed E-state index contributed by atoms with van der Waals surface area (Å²) >= 11 is 1.85. The number of carbonyl (C=O) groups is 2. The number of nitrogens with one attached hydrogen (secondary N) is 2. The standard InChI is InChI=1S/C26H26F4N4O2S2/c1-3-13-5-7-15-17(11-31)21(37-19(15)9-13)33-23(35)25(27,28)26(29,30)24(36)34-22-18(12-32)16-8-6-14(4-2)10-20(16)38-22/h13-14H,3-10H2,1-2H3,(H,33,35)(H,34,36)/t13-,14-/m0/s1. The first-order chi connectivity index (χ1) is 18.0. The van der Waals surface area contributed by atoms with Gasteiger partial charge in [0.25, 0.3) is 0 Å². The average molecular weight is 567 g/mol. The summed E-state index contributed by atoms with van der Waals surface area (Å²) in [6, 6.07) is 3.77. The van der Waals surface area contributed by atoms with E-state index >= 15 is 0 Å². The zero-order chi connectivity index (χ0) is 27.8. The maximum Gasteiger partial charge on any atom is 0.396 e. The summed E-state index contributed by atoms with van der Waals surface area (Å²) < 4.78 is 59.3. The zero-order valence-corrected chi connectivity index (χ0v) is 22.5. The van der Waals surface area contributed by atoms with Crippen LogP contribution in [-0.4, -0.2) is 23.7 Å². The zero-order valence-electron chi connectivity index (χ0n) is 20.9. The van der Waals surface area contributed by atoms with Crippen molar-refractivity contribution < 1.29 is 27.2 Å². The van der Waals surface area contributed by atoms with Crippen molar-refractivity contribution in [3.05, 3.63) is 32.0 Å². The molecule has 2 aliphatic carbocycles. The molecule has 0 saturated carbocycles. The predicted molar refractivity (Wildman–Crippen MR) is 137 cm³/mol. The molecule has 0 bridgehead atoms. The van der Waals surface area contributed by atoms with Crippen LogP contribution in [0.15, 0.2) is 0 Å². The van der Waals surface area contributed by atoms with Crippen LogP contribution in [0.3, 0.4) is 0 Å². The number of rotatable bonds is 7. The Balaban J connectivity index is 1.54. The molecule has 0 radical (unpaired) electrons. The van der Waals surface area contributed by atoms with Crippen LogP contribution in [-0.2, 0) is 35.3 Å². The number of carbonyl (C=O) groups excluding carboxylic acids is 2. The lowest BCUT2D eigenvalue weighted by Crippen LogP contribution is -2.56. The molecule has 0 aromatic carbocycles. The summed E-state index contributed by atoms with van der Waals surface area (Å²) in [7, 11) is 0. The van der Waals surface area contributed by atoms with Gasteiger partial charge in [0.05, 0.1) is 11.1 Å². The first-order valence-electron chi connectivity index (χ1n) is 12.5. The van der Waals surface area contributed by atoms with Crippen LogP contribution in [0, 0.1) is 34.5 Å². The molecule has 0 aliphatic heterocycles. The van der Waals surface area contributed by atoms with Gasteiger partial charge in [0.2, 0.25) is 0 Å². The van der Waals surface area contributed by atoms with Crippen LogP contribution in [0.4, 0.5) is 27.6 Å². The van der Waals surface area contributed by atoms with E-state index in [1.165, 1.54) is 0 Å². The van der Waals surface area contributed by atoms with E-state index in [4.69, 9.17) is 0 Å². The molecule has 6 nitrogen and oxygen atoms in total. The van der Waals surface area contributed by atoms with Gasteiger partial charge in [-0.25, -0.2) is 0 Å². The van der Waals surface area contributed by atoms with Crippen LogP contribution < -0.4 is 10.6 Å². The van der Waals surface area contributed by atoms with Gasteiger partial charge in [-0.2, -0.15) is 28.1 Å². The lowest BCUT2D eigenvalue weighted by molar-refractivity contribution is -0.204. The second-order valence-electron chi connectivity index (χ2n) is 9.73. The van der Waals surface area contributed by atoms with Crippen LogP contribution in [0.25, 0.3) is 0 Å². The number of hydrogen-bond donors (Lipinski definition) is 2. The molecule has 2 amide bonds. The molecule has 2 N–H and O–H groups in total. The summed E-state index contributed by atoms with van der Waals surface area (Å²) in [5.74, 6) is -14.9. The van der Waals surface area contributed by atoms with Gasteiger partial charge in [-0.15, -0.1) is 22.7 Å². The number of hydrogen-bond acceptors (Lipinski definition) is 6. The van der Waals surface area contributed by atoms with Gasteiger partial charge in [0, 0.05) is 9.75 Å². The SMILES string of the molecule is CC[C@H]1CCc2c(sc(NC(=O)C(F)(F)C(F)(F)C(=O)Nc3sc4c(c3C#N)CC[C@H](CC)C4)c2C#N)C1. The van der Waals surface area contributed by atoms with Gasteiger partial charge in [-0.1, -0.05) is 26.7 Å². The highest BCUT2D eigenvalue weighted by Gasteiger charge is 2.67. The van der Waals surface area contributed by atoms with Crippen molar-refractivity contribution in [2.75, 3.05) is 10.6 Å². The van der Waals surface area contributed by atoms with Gasteiger partial charge >= 0.3 is 23.7 Å². The third-order valence-corrected chi connectivity index (χ3v) is 9.87. The molecule has 0 fully saturated rings. The number of alkyl halides is 4. The molecule has 2 atom stereocenters. The van der Waals surface area contributed by atoms with Crippen LogP contribution in [0.1, 0.15) is 71.5 Å². The second-order valence-corrected chi connectivity index (χ2v) is 11.9. The Morgan fingerprint density at radius 1 is 0.816 bits per heavy atom. The number of anilines is 2. The summed E-state index contributed by atoms with van der Waals surface area (Å²) in [6.07, 6.45) is 5.66. The van der Waals surface area contributed by atoms with Crippen molar-refractivity contribution in [2.45, 2.75) is 77.1 Å². The predicted octanol–water partition coefficient (Wildman–Crippen LogP) is 6.43. The number of halogens is 4. The van der Waals surface area contributed by atoms with E-state index in [0.717, 1.165) is 58.1 Å². The highest BCUT2D eigenvalue weighted by atomic mass is 32.1. The maximum atomic E-state index is 14.8. The average Bonchev–Trinajstić information content (AvgIpc) is 3.43. The molecule has 2 heterocycles. The van der Waals surface area contributed by atoms with E-state index in [-0.39, 0.29) is 21.1 Å². The molecule has 0 spiro atoms. The Morgan fingerprint density at radius 3 is 1.50 bits per heavy atom. The van der Waals surface area contributed by atoms with Crippen LogP contribution >= 0.6 is 22.7 Å². The first-order valence-corrected chi connectivity index (χ1v) is 14.1. The molecule has 0 unspecified atom stereocenters. The summed E-state index contributed by atoms with van der Waals surface area (Å²) in [5, 5.41) is 22.2. The van der Waals surface area contributed by atoms with E-state index in [1.807, 2.05) is 26.0 Å². The van der Waals surface area contributed by atoms with E-state index in [1.54, 1.807) is 10.6 Å². The normalized spacial score (nSPS) is 19.1. The third kappa shape index (κ3) is 4.80. The minimum absolute atomic E-state index is 0.00955. The minimum Gasteiger partial charge on any atom is -0.311 e. The molecule has 202 valence electrons. The lowest BCUT2D eigenvalue weighted by Gasteiger charge is -2.24. The Morgan fingerprint density at radius 2 is 1.18 bits per heavy atom. The van der Waals surface area contributed by atoms with Crippen LogP contribution in [0.2, 0.25) is 0 Å². The largest absolute Gasteiger partial charge is 0.396 e. The summed E-state index contributed by atoms with van der Waals surface area (Å²) in [5.41, 5.74) is 1.26. The molecule has 0 saturated heterocycles. The molecule has 12 heteroatoms. The van der Waals surface area contributed by atoms with Crippen molar-refractivity contribution in [3.8, 4) is 12.1 Å². The van der Waals surface area contributed by atoms with Gasteiger partial charge in [-0.3, -0.25) is 9.59 Å². The van der Waals surface area contributed by atoms with Crippen molar-refractivity contribution >= 4 is 44.5 Å². The number of thiophene rings is 2. The number of nitrogens with zero attached hydrogens (tertiary/aromatic N) is 2. The fourth-order valence-electron chi connectivity index (χ4n) is 5.07. The second kappa shape index (κ2) is 10.7. The van der Waals surface area contributed by atoms with E-state index in [0.29, 0.717) is 48.6 Å². The van der Waals surface area contributed by atoms with Crippen molar-refractivity contribution in [2.24, 2.45) is 11.8 Å². The molecular formula is C26H26F4N4O2S2. The van der Waals surface area contributed by atoms with Crippen molar-refractivity contribution in [3.63, 3.8) is 0 Å². The summed E-state index contributed by atoms with van der Waals surface area (Å²) in [6.45, 7) is 4.02. The van der Waals surface area contributed by atoms with Gasteiger partial charge in [0.15, 0.2) is 0 Å². The molecule has 2 aliphatic rings. The monoisotopic (exact) mass is 566 g/mol. The molecule has 2 aromatic rings. The topological polar surface area (TPSA) is 106 Å². The lowest BCUT2D eigenvalue weighted by atomic mass is 9.86. The molecule has 4 rings (SSSR count).